The maximum absolute atomic E-state index is 11.9. The Bertz CT molecular complexity index is 391. The third-order valence-corrected chi connectivity index (χ3v) is 4.96. The molecule has 4 nitrogen and oxygen atoms in total. The molecule has 1 unspecified atom stereocenters. The van der Waals surface area contributed by atoms with Crippen LogP contribution >= 0.6 is 19.0 Å². The van der Waals surface area contributed by atoms with E-state index in [1.54, 1.807) is 6.92 Å². The van der Waals surface area contributed by atoms with Crippen molar-refractivity contribution in [2.75, 3.05) is 6.61 Å². The fourth-order valence-electron chi connectivity index (χ4n) is 2.04. The van der Waals surface area contributed by atoms with E-state index in [2.05, 4.69) is 0 Å². The average Bonchev–Trinajstić information content (AvgIpc) is 2.58. The van der Waals surface area contributed by atoms with Gasteiger partial charge >= 0.3 is 5.97 Å². The molecule has 17 heavy (non-hydrogen) atoms. The molecular weight excluding hydrogens is 259 g/mol. The van der Waals surface area contributed by atoms with Gasteiger partial charge in [0.1, 0.15) is 4.75 Å². The van der Waals surface area contributed by atoms with Crippen LogP contribution in [0.3, 0.4) is 0 Å². The number of hydrogen-bond donors (Lipinski definition) is 0. The molecular formula is C11H15O4PS. The zero-order chi connectivity index (χ0) is 13.1. The Morgan fingerprint density at radius 3 is 2.53 bits per heavy atom. The minimum atomic E-state index is -0.885. The summed E-state index contributed by atoms with van der Waals surface area (Å²) >= 11 is 1.01. The third-order valence-electron chi connectivity index (χ3n) is 2.81. The van der Waals surface area contributed by atoms with Gasteiger partial charge in [-0.1, -0.05) is 5.57 Å². The molecule has 0 aliphatic heterocycles. The summed E-state index contributed by atoms with van der Waals surface area (Å²) < 4.78 is 14.9. The predicted octanol–water partition coefficient (Wildman–Crippen LogP) is 2.93. The lowest BCUT2D eigenvalue weighted by atomic mass is 10.0. The highest BCUT2D eigenvalue weighted by atomic mass is 32.7. The van der Waals surface area contributed by atoms with Crippen molar-refractivity contribution < 1.29 is 18.9 Å². The van der Waals surface area contributed by atoms with Gasteiger partial charge in [-0.3, -0.25) is 14.2 Å². The lowest BCUT2D eigenvalue weighted by Crippen LogP contribution is -2.34. The van der Waals surface area contributed by atoms with Gasteiger partial charge in [0.2, 0.25) is 7.66 Å². The maximum atomic E-state index is 11.9. The highest BCUT2D eigenvalue weighted by Gasteiger charge is 2.47. The Labute approximate surface area is 106 Å². The fourth-order valence-corrected chi connectivity index (χ4v) is 3.84. The second kappa shape index (κ2) is 5.78. The van der Waals surface area contributed by atoms with Crippen LogP contribution in [-0.4, -0.2) is 23.1 Å². The van der Waals surface area contributed by atoms with Crippen molar-refractivity contribution in [3.63, 3.8) is 0 Å². The highest BCUT2D eigenvalue weighted by Crippen LogP contribution is 2.49. The molecule has 0 fully saturated rings. The lowest BCUT2D eigenvalue weighted by Gasteiger charge is -2.23. The molecule has 1 aliphatic rings. The van der Waals surface area contributed by atoms with Gasteiger partial charge in [0.15, 0.2) is 5.78 Å². The van der Waals surface area contributed by atoms with Gasteiger partial charge in [-0.15, -0.1) is 0 Å². The van der Waals surface area contributed by atoms with Crippen LogP contribution in [0.5, 0.6) is 0 Å². The van der Waals surface area contributed by atoms with E-state index < -0.39 is 4.75 Å². The van der Waals surface area contributed by atoms with E-state index in [1.807, 2.05) is 6.92 Å². The largest absolute Gasteiger partial charge is 0.465 e. The van der Waals surface area contributed by atoms with Gasteiger partial charge in [-0.25, -0.2) is 0 Å². The first-order valence-corrected chi connectivity index (χ1v) is 7.58. The number of ketones is 1. The van der Waals surface area contributed by atoms with E-state index in [0.29, 0.717) is 18.4 Å². The summed E-state index contributed by atoms with van der Waals surface area (Å²) in [5.41, 5.74) is 1.55. The van der Waals surface area contributed by atoms with E-state index in [9.17, 15) is 14.2 Å². The van der Waals surface area contributed by atoms with E-state index in [1.165, 1.54) is 6.92 Å². The molecule has 0 N–H and O–H groups in total. The molecule has 0 aromatic heterocycles. The second-order valence-corrected chi connectivity index (χ2v) is 6.16. The van der Waals surface area contributed by atoms with Gasteiger partial charge in [-0.05, 0) is 44.1 Å². The number of esters is 1. The molecule has 1 atom stereocenters. The Morgan fingerprint density at radius 1 is 1.47 bits per heavy atom. The van der Waals surface area contributed by atoms with Crippen LogP contribution in [0.4, 0.5) is 0 Å². The summed E-state index contributed by atoms with van der Waals surface area (Å²) in [6.07, 6.45) is 0.744. The van der Waals surface area contributed by atoms with Crippen molar-refractivity contribution >= 4 is 30.8 Å². The lowest BCUT2D eigenvalue weighted by molar-refractivity contribution is -0.145. The molecule has 0 heterocycles. The summed E-state index contributed by atoms with van der Waals surface area (Å²) in [6, 6.07) is 0. The average molecular weight is 274 g/mol. The Morgan fingerprint density at radius 2 is 2.12 bits per heavy atom. The molecule has 0 spiro atoms. The highest BCUT2D eigenvalue weighted by molar-refractivity contribution is 8.46. The first kappa shape index (κ1) is 14.4. The number of allylic oxidation sites excluding steroid dienone is 2. The molecule has 0 saturated carbocycles. The topological polar surface area (TPSA) is 60.4 Å². The van der Waals surface area contributed by atoms with E-state index in [0.717, 1.165) is 17.0 Å². The molecule has 94 valence electrons. The van der Waals surface area contributed by atoms with Crippen LogP contribution in [0.25, 0.3) is 0 Å². The summed E-state index contributed by atoms with van der Waals surface area (Å²) in [7, 11) is -0.172. The normalized spacial score (nSPS) is 24.2. The molecule has 1 aliphatic carbocycles. The molecule has 0 saturated heterocycles. The van der Waals surface area contributed by atoms with Crippen LogP contribution in [-0.2, 0) is 18.9 Å². The molecule has 0 bridgehead atoms. The van der Waals surface area contributed by atoms with Gasteiger partial charge in [-0.2, -0.15) is 0 Å². The smallest absolute Gasteiger partial charge is 0.323 e. The fraction of sp³-hybridized carbons (Fsp3) is 0.636. The number of rotatable bonds is 5. The van der Waals surface area contributed by atoms with Crippen molar-refractivity contribution in [1.82, 2.24) is 0 Å². The third kappa shape index (κ3) is 2.96. The molecule has 0 aromatic rings. The monoisotopic (exact) mass is 274 g/mol. The van der Waals surface area contributed by atoms with Crippen LogP contribution in [0, 0.1) is 0 Å². The van der Waals surface area contributed by atoms with Crippen molar-refractivity contribution in [2.45, 2.75) is 38.4 Å². The van der Waals surface area contributed by atoms with Crippen molar-refractivity contribution in [1.29, 1.82) is 0 Å². The first-order valence-electron chi connectivity index (χ1n) is 5.34. The van der Waals surface area contributed by atoms with Gasteiger partial charge in [0.05, 0.1) is 6.61 Å². The summed E-state index contributed by atoms with van der Waals surface area (Å²) in [6.45, 7) is 5.33. The SMILES string of the molecule is CCOC(=O)C1(SP=O)CC(C)=C(C(C)=O)C1. The zero-order valence-electron chi connectivity index (χ0n) is 10.1. The number of hydrogen-bond acceptors (Lipinski definition) is 5. The summed E-state index contributed by atoms with van der Waals surface area (Å²) in [5, 5.41) is 0. The standard InChI is InChI=1S/C11H15O4PS/c1-4-15-10(13)11(17-16-14)5-7(2)9(6-11)8(3)12/h4-6H2,1-3H3. The van der Waals surface area contributed by atoms with Gasteiger partial charge in [0, 0.05) is 6.42 Å². The number of ether oxygens (including phenoxy) is 1. The second-order valence-electron chi connectivity index (χ2n) is 4.05. The Hall–Kier alpha value is -0.670. The van der Waals surface area contributed by atoms with Crippen molar-refractivity contribution in [2.24, 2.45) is 0 Å². The number of carbonyl (C=O) groups excluding carboxylic acids is 2. The van der Waals surface area contributed by atoms with Crippen LogP contribution in [0.2, 0.25) is 0 Å². The Kier molecular flexibility index (Phi) is 4.90. The molecule has 0 amide bonds. The molecule has 0 radical (unpaired) electrons. The van der Waals surface area contributed by atoms with E-state index in [-0.39, 0.29) is 26.0 Å². The quantitative estimate of drug-likeness (QED) is 0.570. The van der Waals surface area contributed by atoms with Crippen LogP contribution < -0.4 is 0 Å². The molecule has 6 heteroatoms. The van der Waals surface area contributed by atoms with Crippen molar-refractivity contribution in [3.8, 4) is 0 Å². The first-order chi connectivity index (χ1) is 7.96. The van der Waals surface area contributed by atoms with Crippen LogP contribution in [0.15, 0.2) is 11.1 Å². The van der Waals surface area contributed by atoms with Gasteiger partial charge in [0.25, 0.3) is 0 Å². The minimum absolute atomic E-state index is 0.0307. The van der Waals surface area contributed by atoms with Crippen molar-refractivity contribution in [3.05, 3.63) is 11.1 Å². The minimum Gasteiger partial charge on any atom is -0.465 e. The molecule has 1 rings (SSSR count). The van der Waals surface area contributed by atoms with Gasteiger partial charge < -0.3 is 4.74 Å². The Balaban J connectivity index is 2.96. The zero-order valence-corrected chi connectivity index (χ0v) is 11.8. The number of Topliss-reactive ketones (excluding diaryl/α,β-unsaturated/α-hetero) is 1. The van der Waals surface area contributed by atoms with E-state index >= 15 is 0 Å². The number of carbonyl (C=O) groups is 2. The maximum Gasteiger partial charge on any atom is 0.323 e. The predicted molar refractivity (Wildman–Crippen MR) is 67.2 cm³/mol. The van der Waals surface area contributed by atoms with E-state index in [4.69, 9.17) is 4.74 Å². The summed E-state index contributed by atoms with van der Waals surface area (Å²) in [5.74, 6) is -0.416. The molecule has 0 aromatic carbocycles. The summed E-state index contributed by atoms with van der Waals surface area (Å²) in [4.78, 5) is 23.4. The van der Waals surface area contributed by atoms with Crippen LogP contribution in [0.1, 0.15) is 33.6 Å².